The average Bonchev–Trinajstić information content (AvgIpc) is 3.10. The Balaban J connectivity index is 1.72. The van der Waals surface area contributed by atoms with Crippen LogP contribution >= 0.6 is 0 Å². The Morgan fingerprint density at radius 3 is 2.39 bits per heavy atom. The number of fused-ring (bicyclic) bond motifs is 1. The number of nitrogens with one attached hydrogen (secondary N) is 2. The van der Waals surface area contributed by atoms with E-state index in [1.165, 1.54) is 0 Å². The molecule has 160 valence electrons. The van der Waals surface area contributed by atoms with Crippen LogP contribution < -0.4 is 15.8 Å². The molecule has 2 heterocycles. The summed E-state index contributed by atoms with van der Waals surface area (Å²) in [7, 11) is -3.66. The first kappa shape index (κ1) is 20.8. The van der Waals surface area contributed by atoms with Gasteiger partial charge in [0, 0.05) is 22.5 Å². The number of nitrogens with zero attached hydrogens (tertiary/aromatic N) is 3. The molecule has 0 amide bonds. The zero-order chi connectivity index (χ0) is 22.2. The normalized spacial score (nSPS) is 12.2. The van der Waals surface area contributed by atoms with Crippen molar-refractivity contribution in [2.75, 3.05) is 11.1 Å². The second-order valence-electron chi connectivity index (χ2n) is 8.25. The summed E-state index contributed by atoms with van der Waals surface area (Å²) in [6, 6.07) is 19.6. The SMILES string of the molecule is CC(C)(C)NS(=O)(=O)c1cccc(-c2cccc3nc(Nc4ccc(N)cc4)nn23)c1. The fraction of sp³-hybridized carbons (Fsp3) is 0.182. The summed E-state index contributed by atoms with van der Waals surface area (Å²) < 4.78 is 29.9. The van der Waals surface area contributed by atoms with Gasteiger partial charge in [-0.2, -0.15) is 4.98 Å². The molecule has 0 aliphatic rings. The number of benzene rings is 2. The highest BCUT2D eigenvalue weighted by atomic mass is 32.2. The Kier molecular flexibility index (Phi) is 5.16. The molecule has 4 rings (SSSR count). The molecule has 0 radical (unpaired) electrons. The molecule has 0 saturated heterocycles. The first-order chi connectivity index (χ1) is 14.6. The molecule has 0 aliphatic heterocycles. The third kappa shape index (κ3) is 4.68. The van der Waals surface area contributed by atoms with Gasteiger partial charge in [0.25, 0.3) is 0 Å². The van der Waals surface area contributed by atoms with Crippen LogP contribution in [-0.2, 0) is 10.0 Å². The molecule has 0 saturated carbocycles. The van der Waals surface area contributed by atoms with Gasteiger partial charge in [-0.3, -0.25) is 0 Å². The van der Waals surface area contributed by atoms with Gasteiger partial charge in [-0.1, -0.05) is 18.2 Å². The Bertz CT molecular complexity index is 1340. The lowest BCUT2D eigenvalue weighted by molar-refractivity contribution is 0.491. The number of hydrogen-bond donors (Lipinski definition) is 3. The van der Waals surface area contributed by atoms with Crippen LogP contribution in [0.3, 0.4) is 0 Å². The summed E-state index contributed by atoms with van der Waals surface area (Å²) in [4.78, 5) is 4.71. The molecule has 4 N–H and O–H groups in total. The average molecular weight is 437 g/mol. The molecule has 31 heavy (non-hydrogen) atoms. The third-order valence-electron chi connectivity index (χ3n) is 4.41. The van der Waals surface area contributed by atoms with Crippen LogP contribution in [0.25, 0.3) is 16.9 Å². The predicted molar refractivity (Wildman–Crippen MR) is 123 cm³/mol. The molecule has 0 fully saturated rings. The minimum absolute atomic E-state index is 0.192. The van der Waals surface area contributed by atoms with Crippen molar-refractivity contribution in [2.24, 2.45) is 0 Å². The van der Waals surface area contributed by atoms with Crippen molar-refractivity contribution in [3.63, 3.8) is 0 Å². The van der Waals surface area contributed by atoms with Crippen molar-refractivity contribution in [1.82, 2.24) is 19.3 Å². The highest BCUT2D eigenvalue weighted by Crippen LogP contribution is 2.25. The summed E-state index contributed by atoms with van der Waals surface area (Å²) in [6.07, 6.45) is 0. The summed E-state index contributed by atoms with van der Waals surface area (Å²) >= 11 is 0. The van der Waals surface area contributed by atoms with Gasteiger partial charge >= 0.3 is 0 Å². The van der Waals surface area contributed by atoms with E-state index >= 15 is 0 Å². The second kappa shape index (κ2) is 7.68. The molecular weight excluding hydrogens is 412 g/mol. The molecule has 2 aromatic heterocycles. The van der Waals surface area contributed by atoms with E-state index in [0.29, 0.717) is 22.8 Å². The van der Waals surface area contributed by atoms with Crippen LogP contribution in [0.2, 0.25) is 0 Å². The van der Waals surface area contributed by atoms with Crippen LogP contribution in [0.4, 0.5) is 17.3 Å². The van der Waals surface area contributed by atoms with Crippen molar-refractivity contribution in [3.05, 3.63) is 66.7 Å². The fourth-order valence-electron chi connectivity index (χ4n) is 3.16. The number of aromatic nitrogens is 3. The largest absolute Gasteiger partial charge is 0.399 e. The number of sulfonamides is 1. The van der Waals surface area contributed by atoms with E-state index < -0.39 is 15.6 Å². The van der Waals surface area contributed by atoms with E-state index in [4.69, 9.17) is 5.73 Å². The van der Waals surface area contributed by atoms with E-state index in [1.807, 2.05) is 36.4 Å². The molecule has 2 aromatic carbocycles. The van der Waals surface area contributed by atoms with Gasteiger partial charge in [0.05, 0.1) is 10.6 Å². The molecule has 0 aliphatic carbocycles. The summed E-state index contributed by atoms with van der Waals surface area (Å²) in [5.41, 5.74) is 8.71. The molecule has 0 unspecified atom stereocenters. The molecule has 0 atom stereocenters. The van der Waals surface area contributed by atoms with Crippen molar-refractivity contribution in [2.45, 2.75) is 31.2 Å². The summed E-state index contributed by atoms with van der Waals surface area (Å²) in [5, 5.41) is 7.71. The molecule has 4 aromatic rings. The number of rotatable bonds is 5. The Morgan fingerprint density at radius 2 is 1.68 bits per heavy atom. The lowest BCUT2D eigenvalue weighted by atomic mass is 10.1. The van der Waals surface area contributed by atoms with E-state index in [0.717, 1.165) is 11.4 Å². The third-order valence-corrected chi connectivity index (χ3v) is 6.16. The predicted octanol–water partition coefficient (Wildman–Crippen LogP) is 3.80. The maximum absolute atomic E-state index is 12.8. The van der Waals surface area contributed by atoms with Crippen LogP contribution in [0.15, 0.2) is 71.6 Å². The van der Waals surface area contributed by atoms with Crippen LogP contribution in [0.5, 0.6) is 0 Å². The standard InChI is InChI=1S/C22H24N6O2S/c1-22(2,3)27-31(29,30)18-7-4-6-15(14-18)19-8-5-9-20-25-21(26-28(19)20)24-17-12-10-16(23)11-13-17/h4-14,27H,23H2,1-3H3,(H,24,26). The lowest BCUT2D eigenvalue weighted by Gasteiger charge is -2.20. The van der Waals surface area contributed by atoms with Gasteiger partial charge in [0.1, 0.15) is 0 Å². The van der Waals surface area contributed by atoms with Crippen molar-refractivity contribution in [1.29, 1.82) is 0 Å². The number of anilines is 3. The maximum Gasteiger partial charge on any atom is 0.247 e. The number of pyridine rings is 1. The first-order valence-electron chi connectivity index (χ1n) is 9.74. The maximum atomic E-state index is 12.8. The molecule has 0 spiro atoms. The number of nitrogen functional groups attached to an aromatic ring is 1. The molecule has 8 nitrogen and oxygen atoms in total. The highest BCUT2D eigenvalue weighted by Gasteiger charge is 2.22. The lowest BCUT2D eigenvalue weighted by Crippen LogP contribution is -2.40. The summed E-state index contributed by atoms with van der Waals surface area (Å²) in [5.74, 6) is 0.426. The van der Waals surface area contributed by atoms with Gasteiger partial charge in [-0.05, 0) is 69.3 Å². The Hall–Kier alpha value is -3.43. The smallest absolute Gasteiger partial charge is 0.247 e. The van der Waals surface area contributed by atoms with Crippen LogP contribution in [0, 0.1) is 0 Å². The number of hydrogen-bond acceptors (Lipinski definition) is 6. The van der Waals surface area contributed by atoms with Crippen molar-refractivity contribution >= 4 is 33.0 Å². The monoisotopic (exact) mass is 436 g/mol. The topological polar surface area (TPSA) is 114 Å². The fourth-order valence-corrected chi connectivity index (χ4v) is 4.62. The zero-order valence-corrected chi connectivity index (χ0v) is 18.3. The first-order valence-corrected chi connectivity index (χ1v) is 11.2. The van der Waals surface area contributed by atoms with Gasteiger partial charge in [-0.25, -0.2) is 17.7 Å². The second-order valence-corrected chi connectivity index (χ2v) is 9.93. The van der Waals surface area contributed by atoms with Gasteiger partial charge in [-0.15, -0.1) is 5.10 Å². The van der Waals surface area contributed by atoms with Crippen molar-refractivity contribution < 1.29 is 8.42 Å². The highest BCUT2D eigenvalue weighted by molar-refractivity contribution is 7.89. The molecule has 0 bridgehead atoms. The Labute approximate surface area is 181 Å². The molecule has 9 heteroatoms. The summed E-state index contributed by atoms with van der Waals surface area (Å²) in [6.45, 7) is 5.42. The van der Waals surface area contributed by atoms with Crippen LogP contribution in [0.1, 0.15) is 20.8 Å². The zero-order valence-electron chi connectivity index (χ0n) is 17.5. The van der Waals surface area contributed by atoms with E-state index in [2.05, 4.69) is 20.1 Å². The quantitative estimate of drug-likeness (QED) is 0.410. The van der Waals surface area contributed by atoms with Crippen molar-refractivity contribution in [3.8, 4) is 11.3 Å². The van der Waals surface area contributed by atoms with Crippen LogP contribution in [-0.4, -0.2) is 28.6 Å². The van der Waals surface area contributed by atoms with E-state index in [-0.39, 0.29) is 4.90 Å². The van der Waals surface area contributed by atoms with Gasteiger partial charge < -0.3 is 11.1 Å². The van der Waals surface area contributed by atoms with Gasteiger partial charge in [0.2, 0.25) is 16.0 Å². The van der Waals surface area contributed by atoms with E-state index in [9.17, 15) is 8.42 Å². The minimum atomic E-state index is -3.66. The van der Waals surface area contributed by atoms with Gasteiger partial charge in [0.15, 0.2) is 5.65 Å². The molecular formula is C22H24N6O2S. The number of nitrogens with two attached hydrogens (primary N) is 1. The van der Waals surface area contributed by atoms with E-state index in [1.54, 1.807) is 55.6 Å². The minimum Gasteiger partial charge on any atom is -0.399 e. The Morgan fingerprint density at radius 1 is 0.968 bits per heavy atom.